The predicted molar refractivity (Wildman–Crippen MR) is 135 cm³/mol. The van der Waals surface area contributed by atoms with Gasteiger partial charge in [-0.3, -0.25) is 9.59 Å². The van der Waals surface area contributed by atoms with Crippen molar-refractivity contribution in [2.24, 2.45) is 5.84 Å². The van der Waals surface area contributed by atoms with E-state index in [1.807, 2.05) is 11.4 Å². The summed E-state index contributed by atoms with van der Waals surface area (Å²) in [5.41, 5.74) is 1.02. The van der Waals surface area contributed by atoms with E-state index in [1.54, 1.807) is 35.2 Å². The smallest absolute Gasteiger partial charge is 0.330 e. The molecule has 3 heterocycles. The summed E-state index contributed by atoms with van der Waals surface area (Å²) < 4.78 is 5.95. The summed E-state index contributed by atoms with van der Waals surface area (Å²) in [6, 6.07) is 9.66. The largest absolute Gasteiger partial charge is 0.445 e. The molecule has 36 heavy (non-hydrogen) atoms. The molecule has 0 radical (unpaired) electrons. The van der Waals surface area contributed by atoms with Crippen LogP contribution in [0.3, 0.4) is 0 Å². The van der Waals surface area contributed by atoms with Gasteiger partial charge in [-0.05, 0) is 48.8 Å². The lowest BCUT2D eigenvalue weighted by molar-refractivity contribution is -0.174. The van der Waals surface area contributed by atoms with Crippen molar-refractivity contribution in [1.82, 2.24) is 9.80 Å². The molecule has 2 aliphatic heterocycles. The van der Waals surface area contributed by atoms with Crippen molar-refractivity contribution in [3.8, 4) is 0 Å². The van der Waals surface area contributed by atoms with E-state index < -0.39 is 30.4 Å². The molecule has 1 aliphatic carbocycles. The van der Waals surface area contributed by atoms with Gasteiger partial charge >= 0.3 is 5.97 Å². The van der Waals surface area contributed by atoms with Crippen molar-refractivity contribution in [2.45, 2.75) is 75.9 Å². The third-order valence-corrected chi connectivity index (χ3v) is 8.33. The summed E-state index contributed by atoms with van der Waals surface area (Å²) in [6.07, 6.45) is 3.71. The molecular formula is C26H32N4O5S. The van der Waals surface area contributed by atoms with Crippen LogP contribution in [-0.4, -0.2) is 63.8 Å². The highest BCUT2D eigenvalue weighted by molar-refractivity contribution is 7.12. The number of para-hydroxylation sites is 1. The van der Waals surface area contributed by atoms with Gasteiger partial charge in [0.2, 0.25) is 0 Å². The first-order valence-electron chi connectivity index (χ1n) is 12.6. The van der Waals surface area contributed by atoms with E-state index in [0.717, 1.165) is 37.1 Å². The lowest BCUT2D eigenvalue weighted by Gasteiger charge is -2.39. The number of carbonyl (C=O) groups is 3. The zero-order valence-electron chi connectivity index (χ0n) is 20.1. The first-order chi connectivity index (χ1) is 17.5. The number of nitrogens with two attached hydrogens (primary N) is 1. The lowest BCUT2D eigenvalue weighted by Crippen LogP contribution is -2.55. The summed E-state index contributed by atoms with van der Waals surface area (Å²) in [5, 5.41) is 13.6. The van der Waals surface area contributed by atoms with Gasteiger partial charge in [0.05, 0.1) is 10.6 Å². The number of benzene rings is 1. The summed E-state index contributed by atoms with van der Waals surface area (Å²) in [5.74, 6) is 4.83. The Labute approximate surface area is 214 Å². The van der Waals surface area contributed by atoms with Crippen LogP contribution in [0.2, 0.25) is 0 Å². The number of thiophene rings is 1. The number of fused-ring (bicyclic) bond motifs is 2. The average Bonchev–Trinajstić information content (AvgIpc) is 3.60. The maximum absolute atomic E-state index is 13.9. The number of ether oxygens (including phenoxy) is 1. The van der Waals surface area contributed by atoms with E-state index in [0.29, 0.717) is 35.5 Å². The summed E-state index contributed by atoms with van der Waals surface area (Å²) in [4.78, 5) is 44.6. The lowest BCUT2D eigenvalue weighted by atomic mass is 9.91. The third kappa shape index (κ3) is 4.78. The standard InChI is InChI=1S/C26H32N4O5S/c27-30-19-11-5-4-8-17(19)16-20(26(34)35-22-13-6-14-28(22)24(32)25(30)33)29(18-9-2-1-3-10-18)23(31)21-12-7-15-36-21/h4-5,7-8,11-12,15,18,20,22,24,32H,1-3,6,9-10,13-14,16,27H2. The zero-order valence-corrected chi connectivity index (χ0v) is 20.9. The summed E-state index contributed by atoms with van der Waals surface area (Å²) in [7, 11) is 0. The third-order valence-electron chi connectivity index (χ3n) is 7.47. The minimum atomic E-state index is -1.54. The van der Waals surface area contributed by atoms with E-state index in [2.05, 4.69) is 0 Å². The number of hydrogen-bond donors (Lipinski definition) is 2. The number of anilines is 1. The van der Waals surface area contributed by atoms with Gasteiger partial charge in [-0.1, -0.05) is 43.5 Å². The van der Waals surface area contributed by atoms with Crippen LogP contribution in [0.25, 0.3) is 0 Å². The molecule has 3 atom stereocenters. The van der Waals surface area contributed by atoms with Crippen molar-refractivity contribution in [2.75, 3.05) is 11.6 Å². The van der Waals surface area contributed by atoms with Crippen molar-refractivity contribution in [1.29, 1.82) is 0 Å². The predicted octanol–water partition coefficient (Wildman–Crippen LogP) is 2.64. The van der Waals surface area contributed by atoms with Gasteiger partial charge in [0.1, 0.15) is 6.04 Å². The Morgan fingerprint density at radius 3 is 2.58 bits per heavy atom. The van der Waals surface area contributed by atoms with Crippen LogP contribution in [0, 0.1) is 0 Å². The van der Waals surface area contributed by atoms with Crippen molar-refractivity contribution >= 4 is 34.8 Å². The van der Waals surface area contributed by atoms with Gasteiger partial charge in [0.15, 0.2) is 12.5 Å². The highest BCUT2D eigenvalue weighted by atomic mass is 32.1. The maximum Gasteiger partial charge on any atom is 0.330 e. The fourth-order valence-electron chi connectivity index (χ4n) is 5.63. The molecule has 1 saturated heterocycles. The van der Waals surface area contributed by atoms with E-state index in [4.69, 9.17) is 10.6 Å². The van der Waals surface area contributed by atoms with Crippen molar-refractivity contribution in [3.63, 3.8) is 0 Å². The van der Waals surface area contributed by atoms with Crippen LogP contribution in [0.1, 0.15) is 60.2 Å². The van der Waals surface area contributed by atoms with Crippen LogP contribution in [-0.2, 0) is 20.7 Å². The second-order valence-corrected chi connectivity index (χ2v) is 10.6. The highest BCUT2D eigenvalue weighted by Crippen LogP contribution is 2.32. The molecule has 3 unspecified atom stereocenters. The molecular weight excluding hydrogens is 480 g/mol. The molecule has 3 N–H and O–H groups in total. The molecule has 2 fully saturated rings. The number of rotatable bonds is 3. The molecule has 0 spiro atoms. The normalized spacial score (nSPS) is 26.1. The number of esters is 1. The van der Waals surface area contributed by atoms with Gasteiger partial charge in [-0.25, -0.2) is 20.5 Å². The number of aliphatic hydroxyl groups excluding tert-OH is 1. The average molecular weight is 513 g/mol. The van der Waals surface area contributed by atoms with Gasteiger partial charge in [0.25, 0.3) is 11.8 Å². The molecule has 1 aromatic heterocycles. The van der Waals surface area contributed by atoms with E-state index in [-0.39, 0.29) is 18.4 Å². The molecule has 1 saturated carbocycles. The molecule has 2 aromatic rings. The topological polar surface area (TPSA) is 116 Å². The molecule has 10 heteroatoms. The van der Waals surface area contributed by atoms with Gasteiger partial charge < -0.3 is 14.7 Å². The first kappa shape index (κ1) is 24.9. The minimum absolute atomic E-state index is 0.0935. The summed E-state index contributed by atoms with van der Waals surface area (Å²) in [6.45, 7) is 0.394. The number of nitrogens with zero attached hydrogens (tertiary/aromatic N) is 3. The molecule has 192 valence electrons. The fourth-order valence-corrected chi connectivity index (χ4v) is 6.30. The Morgan fingerprint density at radius 2 is 1.83 bits per heavy atom. The van der Waals surface area contributed by atoms with Crippen LogP contribution in [0.5, 0.6) is 0 Å². The van der Waals surface area contributed by atoms with Crippen LogP contribution >= 0.6 is 11.3 Å². The number of carbonyl (C=O) groups excluding carboxylic acids is 3. The fraction of sp³-hybridized carbons (Fsp3) is 0.500. The Hall–Kier alpha value is -2.79. The number of aliphatic hydroxyl groups is 1. The van der Waals surface area contributed by atoms with Gasteiger partial charge in [-0.15, -0.1) is 11.3 Å². The molecule has 0 bridgehead atoms. The van der Waals surface area contributed by atoms with Crippen LogP contribution in [0.4, 0.5) is 5.69 Å². The SMILES string of the molecule is NN1C(=O)C(O)N2CCCC2OC(=O)C(N(C(=O)c2cccs2)C2CCCCC2)Cc2ccccc21. The second-order valence-electron chi connectivity index (χ2n) is 9.68. The molecule has 2 amide bonds. The zero-order chi connectivity index (χ0) is 25.2. The Balaban J connectivity index is 1.60. The highest BCUT2D eigenvalue weighted by Gasteiger charge is 2.43. The van der Waals surface area contributed by atoms with Crippen molar-refractivity contribution in [3.05, 3.63) is 52.2 Å². The van der Waals surface area contributed by atoms with E-state index >= 15 is 0 Å². The summed E-state index contributed by atoms with van der Waals surface area (Å²) >= 11 is 1.35. The molecule has 3 aliphatic rings. The van der Waals surface area contributed by atoms with E-state index in [9.17, 15) is 19.5 Å². The number of hydrazine groups is 1. The van der Waals surface area contributed by atoms with Gasteiger partial charge in [0, 0.05) is 19.0 Å². The number of hydrogen-bond acceptors (Lipinski definition) is 8. The maximum atomic E-state index is 13.9. The number of amides is 2. The molecule has 1 aromatic carbocycles. The van der Waals surface area contributed by atoms with Gasteiger partial charge in [-0.2, -0.15) is 0 Å². The molecule has 5 rings (SSSR count). The minimum Gasteiger partial charge on any atom is -0.445 e. The second kappa shape index (κ2) is 10.7. The monoisotopic (exact) mass is 512 g/mol. The Bertz CT molecular complexity index is 1100. The quantitative estimate of drug-likeness (QED) is 0.369. The van der Waals surface area contributed by atoms with Crippen LogP contribution in [0.15, 0.2) is 41.8 Å². The Morgan fingerprint density at radius 1 is 1.06 bits per heavy atom. The van der Waals surface area contributed by atoms with Crippen LogP contribution < -0.4 is 10.9 Å². The van der Waals surface area contributed by atoms with E-state index in [1.165, 1.54) is 16.2 Å². The molecule has 9 nitrogen and oxygen atoms in total. The first-order valence-corrected chi connectivity index (χ1v) is 13.5. The Kier molecular flexibility index (Phi) is 7.38. The van der Waals surface area contributed by atoms with Crippen molar-refractivity contribution < 1.29 is 24.2 Å².